The van der Waals surface area contributed by atoms with E-state index in [0.717, 1.165) is 22.5 Å². The Bertz CT molecular complexity index is 993. The highest BCUT2D eigenvalue weighted by atomic mass is 16.4. The highest BCUT2D eigenvalue weighted by Gasteiger charge is 2.26. The Kier molecular flexibility index (Phi) is 4.85. The van der Waals surface area contributed by atoms with Crippen LogP contribution in [0.5, 0.6) is 0 Å². The molecule has 4 rings (SSSR count). The van der Waals surface area contributed by atoms with Gasteiger partial charge in [0.2, 0.25) is 5.89 Å². The van der Waals surface area contributed by atoms with Crippen LogP contribution in [0.2, 0.25) is 0 Å². The summed E-state index contributed by atoms with van der Waals surface area (Å²) in [5.74, 6) is 2.04. The summed E-state index contributed by atoms with van der Waals surface area (Å²) in [5.41, 5.74) is 3.26. The number of furan rings is 1. The van der Waals surface area contributed by atoms with Crippen molar-refractivity contribution in [2.75, 3.05) is 0 Å². The fraction of sp³-hybridized carbons (Fsp3) is 0.182. The van der Waals surface area contributed by atoms with Gasteiger partial charge in [0.05, 0.1) is 6.26 Å². The minimum Gasteiger partial charge on any atom is -0.463 e. The Balaban J connectivity index is 1.58. The standard InChI is InChI=1S/C22H21N3O2/c1-15-8-6-11-18(14-15)22-25-24-21(27-22)16(2)23-20(19-12-7-13-26-19)17-9-4-3-5-10-17/h3-14,16,20,23H,1-2H3/p+1/t16-,20+/m0/s1. The first kappa shape index (κ1) is 17.2. The zero-order valence-corrected chi connectivity index (χ0v) is 15.4. The molecule has 0 spiro atoms. The van der Waals surface area contributed by atoms with Crippen molar-refractivity contribution >= 4 is 0 Å². The average molecular weight is 360 g/mol. The molecule has 4 aromatic rings. The molecule has 2 heterocycles. The third-order valence-electron chi connectivity index (χ3n) is 4.58. The third-order valence-corrected chi connectivity index (χ3v) is 4.58. The topological polar surface area (TPSA) is 68.7 Å². The van der Waals surface area contributed by atoms with Crippen LogP contribution in [0.15, 0.2) is 81.8 Å². The first-order valence-electron chi connectivity index (χ1n) is 9.04. The molecule has 0 fully saturated rings. The average Bonchev–Trinajstić information content (AvgIpc) is 3.39. The summed E-state index contributed by atoms with van der Waals surface area (Å²) in [6, 6.07) is 22.2. The van der Waals surface area contributed by atoms with Crippen molar-refractivity contribution in [1.82, 2.24) is 10.2 Å². The minimum absolute atomic E-state index is 0.0190. The summed E-state index contributed by atoms with van der Waals surface area (Å²) in [4.78, 5) is 0. The van der Waals surface area contributed by atoms with Crippen LogP contribution in [0.3, 0.4) is 0 Å². The molecule has 0 aliphatic heterocycles. The fourth-order valence-corrected chi connectivity index (χ4v) is 3.18. The predicted molar refractivity (Wildman–Crippen MR) is 102 cm³/mol. The summed E-state index contributed by atoms with van der Waals surface area (Å²) in [5, 5.41) is 10.7. The van der Waals surface area contributed by atoms with Crippen LogP contribution in [0.1, 0.15) is 41.8 Å². The van der Waals surface area contributed by atoms with E-state index in [1.54, 1.807) is 6.26 Å². The zero-order valence-electron chi connectivity index (χ0n) is 15.4. The number of nitrogens with two attached hydrogens (primary N) is 1. The smallest absolute Gasteiger partial charge is 0.274 e. The predicted octanol–water partition coefficient (Wildman–Crippen LogP) is 4.05. The lowest BCUT2D eigenvalue weighted by Gasteiger charge is -2.16. The molecule has 0 saturated carbocycles. The molecule has 5 heteroatoms. The molecule has 2 aromatic heterocycles. The monoisotopic (exact) mass is 360 g/mol. The van der Waals surface area contributed by atoms with Gasteiger partial charge < -0.3 is 14.2 Å². The molecule has 0 aliphatic carbocycles. The second-order valence-electron chi connectivity index (χ2n) is 6.70. The van der Waals surface area contributed by atoms with Gasteiger partial charge in [-0.05, 0) is 38.1 Å². The van der Waals surface area contributed by atoms with E-state index < -0.39 is 0 Å². The minimum atomic E-state index is -0.0219. The van der Waals surface area contributed by atoms with Gasteiger partial charge in [-0.1, -0.05) is 48.0 Å². The first-order valence-corrected chi connectivity index (χ1v) is 9.04. The highest BCUT2D eigenvalue weighted by molar-refractivity contribution is 5.53. The normalized spacial score (nSPS) is 13.4. The Morgan fingerprint density at radius 3 is 2.52 bits per heavy atom. The molecule has 2 atom stereocenters. The van der Waals surface area contributed by atoms with E-state index in [2.05, 4.69) is 34.6 Å². The molecule has 0 unspecified atom stereocenters. The lowest BCUT2D eigenvalue weighted by atomic mass is 10.0. The van der Waals surface area contributed by atoms with Crippen LogP contribution in [0, 0.1) is 6.92 Å². The van der Waals surface area contributed by atoms with Gasteiger partial charge in [-0.15, -0.1) is 10.2 Å². The second-order valence-corrected chi connectivity index (χ2v) is 6.70. The number of aryl methyl sites for hydroxylation is 1. The van der Waals surface area contributed by atoms with Gasteiger partial charge in [-0.25, -0.2) is 0 Å². The maximum atomic E-state index is 5.96. The van der Waals surface area contributed by atoms with Gasteiger partial charge in [-0.2, -0.15) is 0 Å². The summed E-state index contributed by atoms with van der Waals surface area (Å²) < 4.78 is 11.6. The molecular weight excluding hydrogens is 338 g/mol. The molecule has 0 amide bonds. The quantitative estimate of drug-likeness (QED) is 0.563. The second kappa shape index (κ2) is 7.60. The molecule has 136 valence electrons. The number of benzene rings is 2. The number of rotatable bonds is 6. The third kappa shape index (κ3) is 3.83. The molecule has 27 heavy (non-hydrogen) atoms. The molecule has 2 N–H and O–H groups in total. The molecule has 2 aromatic carbocycles. The molecule has 0 radical (unpaired) electrons. The number of quaternary nitrogens is 1. The molecule has 0 aliphatic rings. The molecule has 5 nitrogen and oxygen atoms in total. The van der Waals surface area contributed by atoms with Crippen molar-refractivity contribution in [2.24, 2.45) is 0 Å². The van der Waals surface area contributed by atoms with Crippen LogP contribution in [-0.2, 0) is 0 Å². The van der Waals surface area contributed by atoms with E-state index in [1.165, 1.54) is 0 Å². The van der Waals surface area contributed by atoms with E-state index in [1.807, 2.05) is 61.5 Å². The van der Waals surface area contributed by atoms with Gasteiger partial charge in [-0.3, -0.25) is 0 Å². The lowest BCUT2D eigenvalue weighted by Crippen LogP contribution is -2.85. The first-order chi connectivity index (χ1) is 13.2. The number of aromatic nitrogens is 2. The maximum absolute atomic E-state index is 5.96. The molecule has 0 saturated heterocycles. The fourth-order valence-electron chi connectivity index (χ4n) is 3.18. The lowest BCUT2D eigenvalue weighted by molar-refractivity contribution is -0.727. The summed E-state index contributed by atoms with van der Waals surface area (Å²) in [7, 11) is 0. The van der Waals surface area contributed by atoms with E-state index in [0.29, 0.717) is 11.8 Å². The maximum Gasteiger partial charge on any atom is 0.274 e. The van der Waals surface area contributed by atoms with Crippen molar-refractivity contribution in [3.8, 4) is 11.5 Å². The van der Waals surface area contributed by atoms with Crippen molar-refractivity contribution in [1.29, 1.82) is 0 Å². The Labute approximate surface area is 158 Å². The van der Waals surface area contributed by atoms with Crippen LogP contribution < -0.4 is 5.32 Å². The Hall–Kier alpha value is -3.18. The van der Waals surface area contributed by atoms with Gasteiger partial charge in [0.25, 0.3) is 5.89 Å². The van der Waals surface area contributed by atoms with Crippen LogP contribution in [-0.4, -0.2) is 10.2 Å². The van der Waals surface area contributed by atoms with Crippen molar-refractivity contribution in [2.45, 2.75) is 25.9 Å². The SMILES string of the molecule is Cc1cccc(-c2nnc([C@H](C)[NH2+][C@H](c3ccccc3)c3ccco3)o2)c1. The Morgan fingerprint density at radius 1 is 0.926 bits per heavy atom. The van der Waals surface area contributed by atoms with Gasteiger partial charge in [0, 0.05) is 11.1 Å². The van der Waals surface area contributed by atoms with E-state index >= 15 is 0 Å². The highest BCUT2D eigenvalue weighted by Crippen LogP contribution is 2.23. The largest absolute Gasteiger partial charge is 0.463 e. The summed E-state index contributed by atoms with van der Waals surface area (Å²) in [6.07, 6.45) is 1.70. The van der Waals surface area contributed by atoms with Gasteiger partial charge in [0.1, 0.15) is 0 Å². The van der Waals surface area contributed by atoms with Crippen molar-refractivity contribution in [3.63, 3.8) is 0 Å². The van der Waals surface area contributed by atoms with Crippen molar-refractivity contribution in [3.05, 3.63) is 95.8 Å². The van der Waals surface area contributed by atoms with Crippen molar-refractivity contribution < 1.29 is 14.2 Å². The van der Waals surface area contributed by atoms with E-state index in [9.17, 15) is 0 Å². The zero-order chi connectivity index (χ0) is 18.6. The van der Waals surface area contributed by atoms with E-state index in [4.69, 9.17) is 8.83 Å². The number of nitrogens with zero attached hydrogens (tertiary/aromatic N) is 2. The van der Waals surface area contributed by atoms with Crippen LogP contribution in [0.25, 0.3) is 11.5 Å². The molecule has 0 bridgehead atoms. The summed E-state index contributed by atoms with van der Waals surface area (Å²) >= 11 is 0. The molecular formula is C22H22N3O2+. The summed E-state index contributed by atoms with van der Waals surface area (Å²) in [6.45, 7) is 4.11. The number of hydrogen-bond donors (Lipinski definition) is 1. The van der Waals surface area contributed by atoms with Crippen LogP contribution >= 0.6 is 0 Å². The van der Waals surface area contributed by atoms with E-state index in [-0.39, 0.29) is 12.1 Å². The van der Waals surface area contributed by atoms with Gasteiger partial charge >= 0.3 is 0 Å². The number of hydrogen-bond acceptors (Lipinski definition) is 4. The van der Waals surface area contributed by atoms with Gasteiger partial charge in [0.15, 0.2) is 17.8 Å². The van der Waals surface area contributed by atoms with Crippen LogP contribution in [0.4, 0.5) is 0 Å². The Morgan fingerprint density at radius 2 is 1.78 bits per heavy atom.